The molecule has 0 fully saturated rings. The molecule has 0 aliphatic rings. The van der Waals surface area contributed by atoms with E-state index in [-0.39, 0.29) is 11.9 Å². The summed E-state index contributed by atoms with van der Waals surface area (Å²) in [5.41, 5.74) is 0.696. The van der Waals surface area contributed by atoms with Crippen molar-refractivity contribution in [2.75, 3.05) is 17.3 Å². The number of thioether (sulfide) groups is 1. The summed E-state index contributed by atoms with van der Waals surface area (Å²) in [6.07, 6.45) is 9.94. The van der Waals surface area contributed by atoms with Crippen LogP contribution in [0.2, 0.25) is 0 Å². The molecule has 6 heteroatoms. The molecule has 0 aliphatic carbocycles. The van der Waals surface area contributed by atoms with Gasteiger partial charge in [-0.05, 0) is 30.6 Å². The molecule has 0 bridgehead atoms. The van der Waals surface area contributed by atoms with E-state index in [1.807, 2.05) is 35.3 Å². The number of nitrogens with one attached hydrogen (secondary N) is 2. The molecule has 0 saturated carbocycles. The zero-order valence-corrected chi connectivity index (χ0v) is 11.0. The third-order valence-corrected chi connectivity index (χ3v) is 3.30. The van der Waals surface area contributed by atoms with Crippen LogP contribution in [0.5, 0.6) is 0 Å². The first-order chi connectivity index (χ1) is 8.81. The summed E-state index contributed by atoms with van der Waals surface area (Å²) in [5.74, 6) is 0.934. The van der Waals surface area contributed by atoms with E-state index in [9.17, 15) is 4.79 Å². The summed E-state index contributed by atoms with van der Waals surface area (Å²) < 4.78 is 1.94. The third-order valence-electron chi connectivity index (χ3n) is 2.65. The molecule has 2 rings (SSSR count). The zero-order chi connectivity index (χ0) is 12.8. The Hall–Kier alpha value is -1.69. The van der Waals surface area contributed by atoms with E-state index in [2.05, 4.69) is 15.5 Å². The number of carbonyl (C=O) groups is 1. The van der Waals surface area contributed by atoms with E-state index >= 15 is 0 Å². The first-order valence-electron chi connectivity index (χ1n) is 5.72. The van der Waals surface area contributed by atoms with E-state index < -0.39 is 0 Å². The Labute approximate surface area is 110 Å². The lowest BCUT2D eigenvalue weighted by atomic mass is 10.2. The number of nitrogens with zero attached hydrogens (tertiary/aromatic N) is 2. The minimum atomic E-state index is -0.178. The van der Waals surface area contributed by atoms with Gasteiger partial charge in [-0.15, -0.1) is 0 Å². The molecule has 2 aromatic rings. The van der Waals surface area contributed by atoms with E-state index in [0.29, 0.717) is 5.69 Å². The van der Waals surface area contributed by atoms with Crippen LogP contribution in [0.1, 0.15) is 12.5 Å². The number of hydrogen-bond donors (Lipinski definition) is 2. The smallest absolute Gasteiger partial charge is 0.247 e. The number of H-pyrrole nitrogens is 1. The molecule has 0 aliphatic heterocycles. The Morgan fingerprint density at radius 2 is 2.33 bits per heavy atom. The molecule has 2 N–H and O–H groups in total. The first kappa shape index (κ1) is 12.8. The Bertz CT molecular complexity index is 466. The van der Waals surface area contributed by atoms with Gasteiger partial charge in [0, 0.05) is 18.6 Å². The van der Waals surface area contributed by atoms with Gasteiger partial charge in [0.25, 0.3) is 0 Å². The summed E-state index contributed by atoms with van der Waals surface area (Å²) in [6.45, 7) is 0. The molecule has 18 heavy (non-hydrogen) atoms. The predicted octanol–water partition coefficient (Wildman–Crippen LogP) is 2.14. The molecule has 5 nitrogen and oxygen atoms in total. The fraction of sp³-hybridized carbons (Fsp3) is 0.333. The van der Waals surface area contributed by atoms with Gasteiger partial charge in [0.15, 0.2) is 0 Å². The van der Waals surface area contributed by atoms with Crippen LogP contribution >= 0.6 is 11.8 Å². The SMILES string of the molecule is CSCCC(C(=O)Nc1cn[nH]c1)n1cccc1. The van der Waals surface area contributed by atoms with Crippen molar-refractivity contribution >= 4 is 23.4 Å². The molecule has 2 aromatic heterocycles. The van der Waals surface area contributed by atoms with Crippen molar-refractivity contribution in [1.29, 1.82) is 0 Å². The van der Waals surface area contributed by atoms with Gasteiger partial charge in [-0.3, -0.25) is 9.89 Å². The van der Waals surface area contributed by atoms with Crippen molar-refractivity contribution in [2.45, 2.75) is 12.5 Å². The van der Waals surface area contributed by atoms with E-state index in [1.165, 1.54) is 0 Å². The first-order valence-corrected chi connectivity index (χ1v) is 7.11. The van der Waals surface area contributed by atoms with Gasteiger partial charge in [-0.2, -0.15) is 16.9 Å². The van der Waals surface area contributed by atoms with Crippen molar-refractivity contribution in [2.24, 2.45) is 0 Å². The van der Waals surface area contributed by atoms with Crippen LogP contribution < -0.4 is 5.32 Å². The average Bonchev–Trinajstić information content (AvgIpc) is 3.02. The van der Waals surface area contributed by atoms with Crippen molar-refractivity contribution in [3.05, 3.63) is 36.9 Å². The normalized spacial score (nSPS) is 12.3. The topological polar surface area (TPSA) is 62.7 Å². The number of aromatic nitrogens is 3. The highest BCUT2D eigenvalue weighted by Gasteiger charge is 2.19. The van der Waals surface area contributed by atoms with E-state index in [4.69, 9.17) is 0 Å². The number of rotatable bonds is 6. The Morgan fingerprint density at radius 1 is 1.56 bits per heavy atom. The maximum atomic E-state index is 12.2. The van der Waals surface area contributed by atoms with Crippen LogP contribution in [-0.2, 0) is 4.79 Å². The molecule has 96 valence electrons. The summed E-state index contributed by atoms with van der Waals surface area (Å²) >= 11 is 1.74. The van der Waals surface area contributed by atoms with E-state index in [0.717, 1.165) is 12.2 Å². The highest BCUT2D eigenvalue weighted by molar-refractivity contribution is 7.98. The lowest BCUT2D eigenvalue weighted by molar-refractivity contribution is -0.119. The number of anilines is 1. The highest BCUT2D eigenvalue weighted by atomic mass is 32.2. The van der Waals surface area contributed by atoms with Crippen molar-refractivity contribution in [3.63, 3.8) is 0 Å². The lowest BCUT2D eigenvalue weighted by Gasteiger charge is -2.17. The average molecular weight is 264 g/mol. The minimum absolute atomic E-state index is 0.0124. The van der Waals surface area contributed by atoms with Crippen LogP contribution in [0, 0.1) is 0 Å². The van der Waals surface area contributed by atoms with Crippen molar-refractivity contribution in [3.8, 4) is 0 Å². The lowest BCUT2D eigenvalue weighted by Crippen LogP contribution is -2.25. The standard InChI is InChI=1S/C12H16N4OS/c1-18-7-4-11(16-5-2-3-6-16)12(17)15-10-8-13-14-9-10/h2-3,5-6,8-9,11H,4,7H2,1H3,(H,13,14)(H,15,17). The molecule has 0 aromatic carbocycles. The fourth-order valence-electron chi connectivity index (χ4n) is 1.75. The van der Waals surface area contributed by atoms with Gasteiger partial charge >= 0.3 is 0 Å². The molecular weight excluding hydrogens is 248 g/mol. The van der Waals surface area contributed by atoms with Crippen LogP contribution in [0.3, 0.4) is 0 Å². The number of carbonyl (C=O) groups excluding carboxylic acids is 1. The number of amides is 1. The second-order valence-electron chi connectivity index (χ2n) is 3.90. The van der Waals surface area contributed by atoms with Crippen molar-refractivity contribution < 1.29 is 4.79 Å². The molecule has 2 heterocycles. The number of hydrogen-bond acceptors (Lipinski definition) is 3. The van der Waals surface area contributed by atoms with Crippen LogP contribution in [0.4, 0.5) is 5.69 Å². The molecule has 1 amide bonds. The Kier molecular flexibility index (Phi) is 4.46. The molecule has 0 spiro atoms. The quantitative estimate of drug-likeness (QED) is 0.840. The monoisotopic (exact) mass is 264 g/mol. The largest absolute Gasteiger partial charge is 0.342 e. The molecule has 1 atom stereocenters. The van der Waals surface area contributed by atoms with Gasteiger partial charge in [-0.25, -0.2) is 0 Å². The Morgan fingerprint density at radius 3 is 2.94 bits per heavy atom. The molecular formula is C12H16N4OS. The van der Waals surface area contributed by atoms with Gasteiger partial charge < -0.3 is 9.88 Å². The molecule has 0 saturated heterocycles. The third kappa shape index (κ3) is 3.16. The highest BCUT2D eigenvalue weighted by Crippen LogP contribution is 2.17. The zero-order valence-electron chi connectivity index (χ0n) is 10.2. The molecule has 1 unspecified atom stereocenters. The maximum absolute atomic E-state index is 12.2. The predicted molar refractivity (Wildman–Crippen MR) is 73.7 cm³/mol. The Balaban J connectivity index is 2.06. The second-order valence-corrected chi connectivity index (χ2v) is 4.89. The summed E-state index contributed by atoms with van der Waals surface area (Å²) in [7, 11) is 0. The van der Waals surface area contributed by atoms with Gasteiger partial charge in [0.05, 0.1) is 11.9 Å². The van der Waals surface area contributed by atoms with E-state index in [1.54, 1.807) is 24.2 Å². The van der Waals surface area contributed by atoms with Crippen molar-refractivity contribution in [1.82, 2.24) is 14.8 Å². The second kappa shape index (κ2) is 6.30. The summed E-state index contributed by atoms with van der Waals surface area (Å²) in [4.78, 5) is 12.2. The van der Waals surface area contributed by atoms with Crippen LogP contribution in [0.15, 0.2) is 36.9 Å². The van der Waals surface area contributed by atoms with Gasteiger partial charge in [-0.1, -0.05) is 0 Å². The summed E-state index contributed by atoms with van der Waals surface area (Å²) in [6, 6.07) is 3.68. The minimum Gasteiger partial charge on any atom is -0.342 e. The molecule has 0 radical (unpaired) electrons. The maximum Gasteiger partial charge on any atom is 0.247 e. The van der Waals surface area contributed by atoms with Gasteiger partial charge in [0.1, 0.15) is 6.04 Å². The van der Waals surface area contributed by atoms with Crippen LogP contribution in [-0.4, -0.2) is 32.7 Å². The number of aromatic amines is 1. The summed E-state index contributed by atoms with van der Waals surface area (Å²) in [5, 5.41) is 9.34. The van der Waals surface area contributed by atoms with Gasteiger partial charge in [0.2, 0.25) is 5.91 Å². The fourth-order valence-corrected chi connectivity index (χ4v) is 2.20. The van der Waals surface area contributed by atoms with Crippen LogP contribution in [0.25, 0.3) is 0 Å².